The maximum Gasteiger partial charge on any atom is 0.312 e. The van der Waals surface area contributed by atoms with Gasteiger partial charge in [0, 0.05) is 12.6 Å². The molecule has 7 heteroatoms. The molecule has 0 spiro atoms. The molecule has 1 N–H and O–H groups in total. The van der Waals surface area contributed by atoms with Crippen molar-refractivity contribution in [3.63, 3.8) is 0 Å². The van der Waals surface area contributed by atoms with E-state index in [9.17, 15) is 18.0 Å². The molecule has 0 bridgehead atoms. The summed E-state index contributed by atoms with van der Waals surface area (Å²) in [7, 11) is -3.11. The molecule has 0 radical (unpaired) electrons. The van der Waals surface area contributed by atoms with Gasteiger partial charge in [0.15, 0.2) is 9.84 Å². The summed E-state index contributed by atoms with van der Waals surface area (Å²) in [4.78, 5) is 26.5. The summed E-state index contributed by atoms with van der Waals surface area (Å²) in [5.74, 6) is -1.30. The Balaban J connectivity index is 1.65. The van der Waals surface area contributed by atoms with Crippen LogP contribution in [0.1, 0.15) is 55.8 Å². The normalized spacial score (nSPS) is 21.9. The molecule has 2 amide bonds. The Morgan fingerprint density at radius 1 is 1.22 bits per heavy atom. The van der Waals surface area contributed by atoms with Gasteiger partial charge in [-0.25, -0.2) is 8.42 Å². The highest BCUT2D eigenvalue weighted by Crippen LogP contribution is 2.25. The minimum Gasteiger partial charge on any atom is -0.341 e. The fourth-order valence-corrected chi connectivity index (χ4v) is 5.81. The number of benzene rings is 1. The summed E-state index contributed by atoms with van der Waals surface area (Å²) in [5.41, 5.74) is 3.69. The van der Waals surface area contributed by atoms with Crippen LogP contribution < -0.4 is 5.32 Å². The van der Waals surface area contributed by atoms with Gasteiger partial charge in [0.1, 0.15) is 0 Å². The zero-order chi connectivity index (χ0) is 19.6. The third-order valence-corrected chi connectivity index (χ3v) is 7.42. The number of amides is 2. The number of fused-ring (bicyclic) bond motifs is 1. The van der Waals surface area contributed by atoms with Gasteiger partial charge >= 0.3 is 11.8 Å². The van der Waals surface area contributed by atoms with Crippen molar-refractivity contribution >= 4 is 21.7 Å². The van der Waals surface area contributed by atoms with Gasteiger partial charge in [-0.3, -0.25) is 9.59 Å². The lowest BCUT2D eigenvalue weighted by Gasteiger charge is -2.27. The fourth-order valence-electron chi connectivity index (χ4n) is 4.08. The second-order valence-corrected chi connectivity index (χ2v) is 9.81. The van der Waals surface area contributed by atoms with E-state index in [1.165, 1.54) is 28.9 Å². The number of aryl methyl sites for hydroxylation is 2. The van der Waals surface area contributed by atoms with Gasteiger partial charge in [-0.05, 0) is 62.6 Å². The van der Waals surface area contributed by atoms with E-state index in [4.69, 9.17) is 0 Å². The monoisotopic (exact) mass is 392 g/mol. The zero-order valence-corrected chi connectivity index (χ0v) is 16.8. The van der Waals surface area contributed by atoms with Crippen molar-refractivity contribution in [2.75, 3.05) is 18.1 Å². The SMILES string of the molecule is CCN(C(=O)C(=O)NC(C)c1ccc2c(c1)CCCC2)C1CCS(=O)(=O)C1. The van der Waals surface area contributed by atoms with E-state index >= 15 is 0 Å². The standard InChI is InChI=1S/C20H28N2O4S/c1-3-22(18-10-11-27(25,26)13-18)20(24)19(23)21-14(2)16-9-8-15-6-4-5-7-17(15)12-16/h8-9,12,14,18H,3-7,10-11,13H2,1-2H3,(H,21,23). The van der Waals surface area contributed by atoms with E-state index in [2.05, 4.69) is 17.4 Å². The van der Waals surface area contributed by atoms with Gasteiger partial charge < -0.3 is 10.2 Å². The molecule has 27 heavy (non-hydrogen) atoms. The number of nitrogens with zero attached hydrogens (tertiary/aromatic N) is 1. The number of rotatable bonds is 4. The molecular formula is C20H28N2O4S. The van der Waals surface area contributed by atoms with Crippen molar-refractivity contribution in [3.8, 4) is 0 Å². The molecule has 1 fully saturated rings. The third-order valence-electron chi connectivity index (χ3n) is 5.67. The summed E-state index contributed by atoms with van der Waals surface area (Å²) in [6.45, 7) is 3.95. The van der Waals surface area contributed by atoms with Crippen LogP contribution in [-0.4, -0.2) is 49.2 Å². The summed E-state index contributed by atoms with van der Waals surface area (Å²) < 4.78 is 23.4. The number of carbonyl (C=O) groups is 2. The van der Waals surface area contributed by atoms with Crippen molar-refractivity contribution < 1.29 is 18.0 Å². The zero-order valence-electron chi connectivity index (χ0n) is 16.0. The topological polar surface area (TPSA) is 83.6 Å². The molecule has 3 rings (SSSR count). The van der Waals surface area contributed by atoms with Crippen LogP contribution in [0.4, 0.5) is 0 Å². The quantitative estimate of drug-likeness (QED) is 0.792. The molecule has 6 nitrogen and oxygen atoms in total. The molecule has 2 unspecified atom stereocenters. The van der Waals surface area contributed by atoms with Crippen LogP contribution in [0.2, 0.25) is 0 Å². The van der Waals surface area contributed by atoms with Crippen molar-refractivity contribution in [1.82, 2.24) is 10.2 Å². The number of sulfone groups is 1. The first kappa shape index (κ1) is 19.9. The molecule has 1 saturated heterocycles. The summed E-state index contributed by atoms with van der Waals surface area (Å²) in [5, 5.41) is 2.78. The minimum atomic E-state index is -3.11. The first-order valence-corrected chi connectivity index (χ1v) is 11.6. The number of hydrogen-bond donors (Lipinski definition) is 1. The lowest BCUT2D eigenvalue weighted by molar-refractivity contribution is -0.147. The average molecular weight is 393 g/mol. The van der Waals surface area contributed by atoms with E-state index in [1.807, 2.05) is 13.0 Å². The van der Waals surface area contributed by atoms with Gasteiger partial charge in [0.05, 0.1) is 17.5 Å². The van der Waals surface area contributed by atoms with Crippen LogP contribution in [0.5, 0.6) is 0 Å². The number of hydrogen-bond acceptors (Lipinski definition) is 4. The third kappa shape index (κ3) is 4.51. The molecule has 1 heterocycles. The average Bonchev–Trinajstić information content (AvgIpc) is 3.01. The predicted octanol–water partition coefficient (Wildman–Crippen LogP) is 1.78. The van der Waals surface area contributed by atoms with Crippen LogP contribution in [0, 0.1) is 0 Å². The molecule has 1 aliphatic heterocycles. The number of likely N-dealkylation sites (N-methyl/N-ethyl adjacent to an activating group) is 1. The largest absolute Gasteiger partial charge is 0.341 e. The number of carbonyl (C=O) groups excluding carboxylic acids is 2. The molecule has 2 atom stereocenters. The highest BCUT2D eigenvalue weighted by molar-refractivity contribution is 7.91. The summed E-state index contributed by atoms with van der Waals surface area (Å²) >= 11 is 0. The van der Waals surface area contributed by atoms with Crippen LogP contribution >= 0.6 is 0 Å². The second-order valence-electron chi connectivity index (χ2n) is 7.58. The minimum absolute atomic E-state index is 0.0553. The van der Waals surface area contributed by atoms with Gasteiger partial charge in [-0.1, -0.05) is 18.2 Å². The Hall–Kier alpha value is -1.89. The van der Waals surface area contributed by atoms with Crippen molar-refractivity contribution in [2.24, 2.45) is 0 Å². The maximum absolute atomic E-state index is 12.6. The summed E-state index contributed by atoms with van der Waals surface area (Å²) in [6, 6.07) is 5.58. The van der Waals surface area contributed by atoms with E-state index in [0.29, 0.717) is 13.0 Å². The van der Waals surface area contributed by atoms with Gasteiger partial charge in [0.2, 0.25) is 0 Å². The molecule has 2 aliphatic rings. The van der Waals surface area contributed by atoms with E-state index in [1.54, 1.807) is 6.92 Å². The predicted molar refractivity (Wildman–Crippen MR) is 104 cm³/mol. The van der Waals surface area contributed by atoms with E-state index in [-0.39, 0.29) is 17.5 Å². The fraction of sp³-hybridized carbons (Fsp3) is 0.600. The Bertz CT molecular complexity index is 834. The van der Waals surface area contributed by atoms with E-state index < -0.39 is 27.7 Å². The molecular weight excluding hydrogens is 364 g/mol. The van der Waals surface area contributed by atoms with Crippen molar-refractivity contribution in [3.05, 3.63) is 34.9 Å². The van der Waals surface area contributed by atoms with Crippen molar-refractivity contribution in [2.45, 2.75) is 58.0 Å². The summed E-state index contributed by atoms with van der Waals surface area (Å²) in [6.07, 6.45) is 4.96. The first-order valence-electron chi connectivity index (χ1n) is 9.74. The number of nitrogens with one attached hydrogen (secondary N) is 1. The first-order chi connectivity index (χ1) is 12.8. The molecule has 1 aromatic carbocycles. The van der Waals surface area contributed by atoms with Crippen molar-refractivity contribution in [1.29, 1.82) is 0 Å². The highest BCUT2D eigenvalue weighted by Gasteiger charge is 2.36. The van der Waals surface area contributed by atoms with Crippen LogP contribution in [-0.2, 0) is 32.3 Å². The molecule has 1 aliphatic carbocycles. The van der Waals surface area contributed by atoms with Crippen LogP contribution in [0.15, 0.2) is 18.2 Å². The molecule has 148 valence electrons. The van der Waals surface area contributed by atoms with Gasteiger partial charge in [0.25, 0.3) is 0 Å². The van der Waals surface area contributed by atoms with Gasteiger partial charge in [-0.2, -0.15) is 0 Å². The Morgan fingerprint density at radius 2 is 1.93 bits per heavy atom. The smallest absolute Gasteiger partial charge is 0.312 e. The highest BCUT2D eigenvalue weighted by atomic mass is 32.2. The van der Waals surface area contributed by atoms with Crippen LogP contribution in [0.25, 0.3) is 0 Å². The van der Waals surface area contributed by atoms with E-state index in [0.717, 1.165) is 18.4 Å². The second kappa shape index (κ2) is 8.00. The van der Waals surface area contributed by atoms with Gasteiger partial charge in [-0.15, -0.1) is 0 Å². The lowest BCUT2D eigenvalue weighted by Crippen LogP contribution is -2.48. The Labute approximate surface area is 161 Å². The molecule has 1 aromatic rings. The molecule has 0 saturated carbocycles. The Kier molecular flexibility index (Phi) is 5.89. The van der Waals surface area contributed by atoms with Crippen LogP contribution in [0.3, 0.4) is 0 Å². The maximum atomic E-state index is 12.6. The lowest BCUT2D eigenvalue weighted by atomic mass is 9.89. The Morgan fingerprint density at radius 3 is 2.56 bits per heavy atom. The molecule has 0 aromatic heterocycles.